The summed E-state index contributed by atoms with van der Waals surface area (Å²) in [5, 5.41) is 0. The Morgan fingerprint density at radius 3 is 2.39 bits per heavy atom. The number of benzene rings is 2. The van der Waals surface area contributed by atoms with Crippen LogP contribution in [0.3, 0.4) is 0 Å². The van der Waals surface area contributed by atoms with Gasteiger partial charge in [-0.15, -0.1) is 0 Å². The van der Waals surface area contributed by atoms with Crippen LogP contribution in [0.1, 0.15) is 44.9 Å². The first-order chi connectivity index (χ1) is 21.2. The van der Waals surface area contributed by atoms with Crippen LogP contribution in [0, 0.1) is 3.57 Å². The van der Waals surface area contributed by atoms with E-state index in [0.717, 1.165) is 9.13 Å². The summed E-state index contributed by atoms with van der Waals surface area (Å²) in [6, 6.07) is 7.89. The summed E-state index contributed by atoms with van der Waals surface area (Å²) in [6.07, 6.45) is 1.77. The maximum atomic E-state index is 14.1. The Hall–Kier alpha value is -3.85. The third kappa shape index (κ3) is 6.93. The number of halogens is 1. The third-order valence-electron chi connectivity index (χ3n) is 6.51. The maximum Gasteiger partial charge on any atom is 0.343 e. The lowest BCUT2D eigenvalue weighted by atomic mass is 9.95. The molecule has 1 aliphatic rings. The van der Waals surface area contributed by atoms with E-state index in [-0.39, 0.29) is 24.3 Å². The number of hydrogen-bond acceptors (Lipinski definition) is 11. The van der Waals surface area contributed by atoms with Gasteiger partial charge in [0.05, 0.1) is 59.5 Å². The molecule has 0 bridgehead atoms. The Morgan fingerprint density at radius 2 is 1.73 bits per heavy atom. The van der Waals surface area contributed by atoms with Crippen molar-refractivity contribution < 1.29 is 38.0 Å². The van der Waals surface area contributed by atoms with Crippen LogP contribution in [-0.4, -0.2) is 57.2 Å². The van der Waals surface area contributed by atoms with Gasteiger partial charge >= 0.3 is 11.9 Å². The third-order valence-corrected chi connectivity index (χ3v) is 8.29. The van der Waals surface area contributed by atoms with Crippen molar-refractivity contribution in [1.29, 1.82) is 0 Å². The molecular formula is C31H33IN2O9S. The van der Waals surface area contributed by atoms with Gasteiger partial charge in [0.2, 0.25) is 0 Å². The highest BCUT2D eigenvalue weighted by atomic mass is 127. The average molecular weight is 737 g/mol. The summed E-state index contributed by atoms with van der Waals surface area (Å²) in [7, 11) is 2.85. The SMILES string of the molecule is CCOC(=O)C1=C(C)N=c2s/c(=C/c3cc(I)c(OC)c(OCC)c3)c(=O)n2[C@@H]1c1ccc(OCC(=O)OC)c(OCC)c1. The van der Waals surface area contributed by atoms with Crippen LogP contribution < -0.4 is 33.8 Å². The molecule has 0 spiro atoms. The van der Waals surface area contributed by atoms with E-state index in [0.29, 0.717) is 56.8 Å². The second kappa shape index (κ2) is 14.8. The topological polar surface area (TPSA) is 124 Å². The number of esters is 2. The minimum atomic E-state index is -0.865. The number of allylic oxidation sites excluding steroid dienone is 1. The molecule has 3 aromatic rings. The smallest absolute Gasteiger partial charge is 0.343 e. The molecule has 2 aromatic carbocycles. The van der Waals surface area contributed by atoms with E-state index in [1.54, 1.807) is 45.2 Å². The number of carbonyl (C=O) groups excluding carboxylic acids is 2. The lowest BCUT2D eigenvalue weighted by molar-refractivity contribution is -0.143. The molecule has 0 saturated heterocycles. The lowest BCUT2D eigenvalue weighted by Crippen LogP contribution is -2.40. The Bertz CT molecular complexity index is 1780. The molecule has 0 saturated carbocycles. The number of ether oxygens (including phenoxy) is 6. The molecule has 0 unspecified atom stereocenters. The molecule has 0 fully saturated rings. The van der Waals surface area contributed by atoms with Gasteiger partial charge in [-0.25, -0.2) is 14.6 Å². The first kappa shape index (κ1) is 33.1. The summed E-state index contributed by atoms with van der Waals surface area (Å²) in [5.41, 5.74) is 1.65. The van der Waals surface area contributed by atoms with Crippen molar-refractivity contribution in [3.8, 4) is 23.0 Å². The zero-order valence-electron chi connectivity index (χ0n) is 25.2. The minimum absolute atomic E-state index is 0.148. The van der Waals surface area contributed by atoms with Crippen LogP contribution in [0.25, 0.3) is 6.08 Å². The molecule has 0 N–H and O–H groups in total. The zero-order valence-corrected chi connectivity index (χ0v) is 28.2. The maximum absolute atomic E-state index is 14.1. The predicted molar refractivity (Wildman–Crippen MR) is 172 cm³/mol. The van der Waals surface area contributed by atoms with Crippen LogP contribution in [0.2, 0.25) is 0 Å². The molecule has 4 rings (SSSR count). The van der Waals surface area contributed by atoms with Gasteiger partial charge < -0.3 is 28.4 Å². The molecule has 1 atom stereocenters. The highest BCUT2D eigenvalue weighted by Gasteiger charge is 2.34. The number of hydrogen-bond donors (Lipinski definition) is 0. The van der Waals surface area contributed by atoms with E-state index in [1.807, 2.05) is 26.0 Å². The van der Waals surface area contributed by atoms with E-state index in [1.165, 1.54) is 23.0 Å². The highest BCUT2D eigenvalue weighted by Crippen LogP contribution is 2.37. The van der Waals surface area contributed by atoms with Crippen molar-refractivity contribution in [1.82, 2.24) is 4.57 Å². The molecule has 2 heterocycles. The van der Waals surface area contributed by atoms with Crippen molar-refractivity contribution in [3.63, 3.8) is 0 Å². The van der Waals surface area contributed by atoms with Gasteiger partial charge in [0.25, 0.3) is 5.56 Å². The number of fused-ring (bicyclic) bond motifs is 1. The number of carbonyl (C=O) groups is 2. The number of aromatic nitrogens is 1. The first-order valence-corrected chi connectivity index (χ1v) is 15.7. The van der Waals surface area contributed by atoms with Crippen molar-refractivity contribution in [2.75, 3.05) is 40.6 Å². The molecule has 11 nitrogen and oxygen atoms in total. The van der Waals surface area contributed by atoms with E-state index in [2.05, 4.69) is 32.3 Å². The summed E-state index contributed by atoms with van der Waals surface area (Å²) in [4.78, 5) is 44.1. The molecule has 1 aromatic heterocycles. The van der Waals surface area contributed by atoms with Gasteiger partial charge in [0, 0.05) is 0 Å². The fraction of sp³-hybridized carbons (Fsp3) is 0.355. The van der Waals surface area contributed by atoms with E-state index < -0.39 is 18.0 Å². The zero-order chi connectivity index (χ0) is 32.0. The first-order valence-electron chi connectivity index (χ1n) is 13.8. The van der Waals surface area contributed by atoms with Crippen molar-refractivity contribution >= 4 is 51.9 Å². The standard InChI is InChI=1S/C31H33IN2O9S/c1-7-40-22-15-19(10-11-21(22)43-16-25(35)38-5)27-26(30(37)42-9-3)17(4)33-31-34(27)29(36)24(44-31)14-18-12-20(32)28(39-6)23(13-18)41-8-2/h10-15,27H,7-9,16H2,1-6H3/b24-14+/t27-/m1/s1. The molecule has 0 radical (unpaired) electrons. The van der Waals surface area contributed by atoms with E-state index in [4.69, 9.17) is 23.7 Å². The molecule has 0 amide bonds. The molecule has 44 heavy (non-hydrogen) atoms. The van der Waals surface area contributed by atoms with Crippen LogP contribution in [-0.2, 0) is 19.1 Å². The van der Waals surface area contributed by atoms with Gasteiger partial charge in [0.1, 0.15) is 0 Å². The Labute approximate surface area is 271 Å². The van der Waals surface area contributed by atoms with Crippen molar-refractivity contribution in [3.05, 3.63) is 76.0 Å². The van der Waals surface area contributed by atoms with Crippen LogP contribution in [0.5, 0.6) is 23.0 Å². The Kier molecular flexibility index (Phi) is 11.1. The van der Waals surface area contributed by atoms with Crippen molar-refractivity contribution in [2.45, 2.75) is 33.7 Å². The lowest BCUT2D eigenvalue weighted by Gasteiger charge is -2.25. The van der Waals surface area contributed by atoms with Gasteiger partial charge in [-0.2, -0.15) is 0 Å². The fourth-order valence-corrected chi connectivity index (χ4v) is 6.56. The van der Waals surface area contributed by atoms with Crippen LogP contribution >= 0.6 is 33.9 Å². The summed E-state index contributed by atoms with van der Waals surface area (Å²) < 4.78 is 35.5. The number of rotatable bonds is 12. The van der Waals surface area contributed by atoms with Gasteiger partial charge in [-0.3, -0.25) is 9.36 Å². The minimum Gasteiger partial charge on any atom is -0.492 e. The van der Waals surface area contributed by atoms with Crippen LogP contribution in [0.4, 0.5) is 0 Å². The average Bonchev–Trinajstić information content (AvgIpc) is 3.29. The molecule has 234 valence electrons. The monoisotopic (exact) mass is 736 g/mol. The number of nitrogens with zero attached hydrogens (tertiary/aromatic N) is 2. The highest BCUT2D eigenvalue weighted by molar-refractivity contribution is 14.1. The second-order valence-corrected chi connectivity index (χ2v) is 11.4. The number of methoxy groups -OCH3 is 2. The Morgan fingerprint density at radius 1 is 1.00 bits per heavy atom. The predicted octanol–water partition coefficient (Wildman–Crippen LogP) is 3.76. The van der Waals surface area contributed by atoms with Gasteiger partial charge in [-0.1, -0.05) is 17.4 Å². The Balaban J connectivity index is 1.91. The normalized spacial score (nSPS) is 14.4. The molecular weight excluding hydrogens is 703 g/mol. The van der Waals surface area contributed by atoms with E-state index >= 15 is 0 Å². The molecule has 13 heteroatoms. The van der Waals surface area contributed by atoms with E-state index in [9.17, 15) is 14.4 Å². The summed E-state index contributed by atoms with van der Waals surface area (Å²) in [6.45, 7) is 7.72. The quantitative estimate of drug-likeness (QED) is 0.202. The van der Waals surface area contributed by atoms with Crippen molar-refractivity contribution in [2.24, 2.45) is 4.99 Å². The summed E-state index contributed by atoms with van der Waals surface area (Å²) >= 11 is 3.38. The van der Waals surface area contributed by atoms with Gasteiger partial charge in [-0.05, 0) is 91.8 Å². The molecule has 0 aliphatic carbocycles. The number of thiazole rings is 1. The largest absolute Gasteiger partial charge is 0.492 e. The molecule has 1 aliphatic heterocycles. The fourth-order valence-electron chi connectivity index (χ4n) is 4.67. The second-order valence-electron chi connectivity index (χ2n) is 9.27. The van der Waals surface area contributed by atoms with Gasteiger partial charge in [0.15, 0.2) is 34.4 Å². The summed E-state index contributed by atoms with van der Waals surface area (Å²) in [5.74, 6) is 0.702. The van der Waals surface area contributed by atoms with Crippen LogP contribution in [0.15, 0.2) is 51.4 Å².